The van der Waals surface area contributed by atoms with Crippen LogP contribution in [0.1, 0.15) is 22.3 Å². The number of nitrogens with zero attached hydrogens (tertiary/aromatic N) is 3. The van der Waals surface area contributed by atoms with Gasteiger partial charge in [0, 0.05) is 36.9 Å². The quantitative estimate of drug-likeness (QED) is 0.136. The van der Waals surface area contributed by atoms with Crippen molar-refractivity contribution in [2.24, 2.45) is 0 Å². The maximum Gasteiger partial charge on any atom is 0.164 e. The first-order valence-electron chi connectivity index (χ1n) is 22.3. The number of thiophene rings is 1. The van der Waals surface area contributed by atoms with Crippen molar-refractivity contribution in [1.82, 2.24) is 15.0 Å². The van der Waals surface area contributed by atoms with E-state index >= 15 is 0 Å². The highest BCUT2D eigenvalue weighted by molar-refractivity contribution is 7.26. The van der Waals surface area contributed by atoms with E-state index in [0.717, 1.165) is 33.0 Å². The molecule has 4 heteroatoms. The van der Waals surface area contributed by atoms with Crippen molar-refractivity contribution in [2.45, 2.75) is 5.41 Å². The second-order valence-corrected chi connectivity index (χ2v) is 17.8. The first kappa shape index (κ1) is 39.3. The molecule has 0 aliphatic rings. The minimum atomic E-state index is -0.558. The Kier molecular flexibility index (Phi) is 9.93. The van der Waals surface area contributed by atoms with Crippen LogP contribution >= 0.6 is 11.3 Å². The second kappa shape index (κ2) is 16.7. The Morgan fingerprint density at radius 1 is 0.288 bits per heavy atom. The molecular formula is C62H41N3S. The van der Waals surface area contributed by atoms with Crippen LogP contribution in [-0.4, -0.2) is 15.0 Å². The minimum Gasteiger partial charge on any atom is -0.208 e. The molecule has 0 aliphatic carbocycles. The van der Waals surface area contributed by atoms with Crippen LogP contribution in [0.3, 0.4) is 0 Å². The number of rotatable bonds is 9. The maximum atomic E-state index is 5.01. The van der Waals surface area contributed by atoms with E-state index in [-0.39, 0.29) is 0 Å². The third-order valence-corrected chi connectivity index (χ3v) is 14.0. The summed E-state index contributed by atoms with van der Waals surface area (Å²) in [5.74, 6) is 1.95. The van der Waals surface area contributed by atoms with Crippen LogP contribution in [0.4, 0.5) is 0 Å². The average Bonchev–Trinajstić information content (AvgIpc) is 3.78. The molecule has 0 aliphatic heterocycles. The van der Waals surface area contributed by atoms with Crippen LogP contribution in [0.5, 0.6) is 0 Å². The Balaban J connectivity index is 1.00. The predicted octanol–water partition coefficient (Wildman–Crippen LogP) is 16.1. The molecule has 12 rings (SSSR count). The van der Waals surface area contributed by atoms with Gasteiger partial charge in [-0.15, -0.1) is 11.3 Å². The number of benzene rings is 10. The molecule has 0 N–H and O–H groups in total. The SMILES string of the molecule is c1ccc(-c2nc(-c3ccccc3)nc(-c3ccc4cc(-c5cc(-c6cccc(C(c7ccccc7)(c7ccccc7)c7ccccc7)c6)c6c(c5)sc5ccccc56)ccc4c3)n2)cc1. The molecule has 0 saturated carbocycles. The Bertz CT molecular complexity index is 3530. The Morgan fingerprint density at radius 3 is 1.32 bits per heavy atom. The van der Waals surface area contributed by atoms with Crippen LogP contribution in [-0.2, 0) is 5.41 Å². The summed E-state index contributed by atoms with van der Waals surface area (Å²) in [6.45, 7) is 0. The van der Waals surface area contributed by atoms with Crippen LogP contribution in [0.25, 0.3) is 87.4 Å². The van der Waals surface area contributed by atoms with E-state index < -0.39 is 5.41 Å². The lowest BCUT2D eigenvalue weighted by atomic mass is 9.65. The lowest BCUT2D eigenvalue weighted by molar-refractivity contribution is 0.745. The highest BCUT2D eigenvalue weighted by atomic mass is 32.1. The van der Waals surface area contributed by atoms with Crippen LogP contribution in [0, 0.1) is 0 Å². The molecule has 10 aromatic carbocycles. The smallest absolute Gasteiger partial charge is 0.164 e. The molecule has 2 heterocycles. The molecule has 0 unspecified atom stereocenters. The van der Waals surface area contributed by atoms with Crippen molar-refractivity contribution in [3.05, 3.63) is 271 Å². The van der Waals surface area contributed by atoms with E-state index in [1.807, 2.05) is 72.0 Å². The Hall–Kier alpha value is -8.31. The Labute approximate surface area is 388 Å². The third-order valence-electron chi connectivity index (χ3n) is 12.8. The van der Waals surface area contributed by atoms with Gasteiger partial charge in [0.15, 0.2) is 17.5 Å². The van der Waals surface area contributed by atoms with E-state index in [9.17, 15) is 0 Å². The average molecular weight is 860 g/mol. The van der Waals surface area contributed by atoms with Crippen molar-refractivity contribution in [1.29, 1.82) is 0 Å². The summed E-state index contributed by atoms with van der Waals surface area (Å²) < 4.78 is 2.55. The molecule has 2 aromatic heterocycles. The van der Waals surface area contributed by atoms with Gasteiger partial charge in [-0.25, -0.2) is 15.0 Å². The highest BCUT2D eigenvalue weighted by Crippen LogP contribution is 2.48. The molecule has 0 amide bonds. The fraction of sp³-hybridized carbons (Fsp3) is 0.0161. The van der Waals surface area contributed by atoms with E-state index in [4.69, 9.17) is 15.0 Å². The standard InChI is InChI=1S/C62H41N3S/c1-6-19-42(20-7-1)59-63-60(43-21-8-2-9-22-43)65-61(64-59)48-36-35-44-37-46(34-33-45(44)38-48)49-40-55(58-54-31-16-17-32-56(54)66-57(58)41-49)47-23-18-30-53(39-47)62(50-24-10-3-11-25-50,51-26-12-4-13-27-51)52-28-14-5-15-29-52/h1-41H. The molecule has 0 fully saturated rings. The lowest BCUT2D eigenvalue weighted by Crippen LogP contribution is -2.31. The van der Waals surface area contributed by atoms with Gasteiger partial charge < -0.3 is 0 Å². The van der Waals surface area contributed by atoms with Crippen molar-refractivity contribution < 1.29 is 0 Å². The summed E-state index contributed by atoms with van der Waals surface area (Å²) in [5, 5.41) is 4.83. The molecule has 12 aromatic rings. The molecule has 66 heavy (non-hydrogen) atoms. The first-order chi connectivity index (χ1) is 32.7. The second-order valence-electron chi connectivity index (χ2n) is 16.7. The fourth-order valence-electron chi connectivity index (χ4n) is 9.74. The molecular weight excluding hydrogens is 819 g/mol. The monoisotopic (exact) mass is 859 g/mol. The summed E-state index contributed by atoms with van der Waals surface area (Å²) in [5.41, 5.74) is 11.9. The zero-order valence-electron chi connectivity index (χ0n) is 35.9. The summed E-state index contributed by atoms with van der Waals surface area (Å²) in [6.07, 6.45) is 0. The number of fused-ring (bicyclic) bond motifs is 4. The highest BCUT2D eigenvalue weighted by Gasteiger charge is 2.38. The first-order valence-corrected chi connectivity index (χ1v) is 23.1. The minimum absolute atomic E-state index is 0.558. The van der Waals surface area contributed by atoms with Gasteiger partial charge in [0.1, 0.15) is 0 Å². The molecule has 0 spiro atoms. The van der Waals surface area contributed by atoms with Crippen LogP contribution in [0.2, 0.25) is 0 Å². The van der Waals surface area contributed by atoms with Gasteiger partial charge in [-0.1, -0.05) is 212 Å². The van der Waals surface area contributed by atoms with Gasteiger partial charge in [-0.3, -0.25) is 0 Å². The van der Waals surface area contributed by atoms with Crippen molar-refractivity contribution in [3.63, 3.8) is 0 Å². The van der Waals surface area contributed by atoms with Gasteiger partial charge in [0.25, 0.3) is 0 Å². The van der Waals surface area contributed by atoms with Crippen LogP contribution in [0.15, 0.2) is 249 Å². The molecule has 310 valence electrons. The fourth-order valence-corrected chi connectivity index (χ4v) is 10.9. The topological polar surface area (TPSA) is 38.7 Å². The number of aromatic nitrogens is 3. The van der Waals surface area contributed by atoms with Gasteiger partial charge in [-0.05, 0) is 91.7 Å². The van der Waals surface area contributed by atoms with Crippen molar-refractivity contribution >= 4 is 42.3 Å². The van der Waals surface area contributed by atoms with Gasteiger partial charge in [0.2, 0.25) is 0 Å². The Morgan fingerprint density at radius 2 is 0.742 bits per heavy atom. The molecule has 0 bridgehead atoms. The van der Waals surface area contributed by atoms with E-state index in [1.54, 1.807) is 0 Å². The normalized spacial score (nSPS) is 11.6. The molecule has 0 saturated heterocycles. The summed E-state index contributed by atoms with van der Waals surface area (Å²) in [7, 11) is 0. The molecule has 0 atom stereocenters. The number of hydrogen-bond donors (Lipinski definition) is 0. The summed E-state index contributed by atoms with van der Waals surface area (Å²) in [6, 6.07) is 89.4. The third kappa shape index (κ3) is 6.96. The van der Waals surface area contributed by atoms with E-state index in [2.05, 4.69) is 188 Å². The van der Waals surface area contributed by atoms with Crippen molar-refractivity contribution in [3.8, 4) is 56.4 Å². The van der Waals surface area contributed by atoms with E-state index in [1.165, 1.54) is 59.1 Å². The maximum absolute atomic E-state index is 5.01. The van der Waals surface area contributed by atoms with Gasteiger partial charge in [-0.2, -0.15) is 0 Å². The van der Waals surface area contributed by atoms with Crippen molar-refractivity contribution in [2.75, 3.05) is 0 Å². The van der Waals surface area contributed by atoms with Gasteiger partial charge >= 0.3 is 0 Å². The predicted molar refractivity (Wildman–Crippen MR) is 276 cm³/mol. The summed E-state index contributed by atoms with van der Waals surface area (Å²) in [4.78, 5) is 14.9. The zero-order valence-corrected chi connectivity index (χ0v) is 36.7. The summed E-state index contributed by atoms with van der Waals surface area (Å²) >= 11 is 1.86. The largest absolute Gasteiger partial charge is 0.208 e. The number of hydrogen-bond acceptors (Lipinski definition) is 4. The molecule has 3 nitrogen and oxygen atoms in total. The zero-order chi connectivity index (χ0) is 43.9. The van der Waals surface area contributed by atoms with Gasteiger partial charge in [0.05, 0.1) is 5.41 Å². The van der Waals surface area contributed by atoms with E-state index in [0.29, 0.717) is 17.5 Å². The van der Waals surface area contributed by atoms with Crippen LogP contribution < -0.4 is 0 Å². The lowest BCUT2D eigenvalue weighted by Gasteiger charge is -2.37. The molecule has 0 radical (unpaired) electrons.